The molecule has 0 radical (unpaired) electrons. The third-order valence-electron chi connectivity index (χ3n) is 2.58. The summed E-state index contributed by atoms with van der Waals surface area (Å²) in [5.74, 6) is 0.106. The molecule has 17 heavy (non-hydrogen) atoms. The van der Waals surface area contributed by atoms with E-state index in [4.69, 9.17) is 19.0 Å². The molecule has 0 aliphatic carbocycles. The summed E-state index contributed by atoms with van der Waals surface area (Å²) in [7, 11) is 0. The number of aliphatic hydroxyl groups is 4. The van der Waals surface area contributed by atoms with Crippen LogP contribution in [0.1, 0.15) is 0 Å². The van der Waals surface area contributed by atoms with E-state index in [0.29, 0.717) is 0 Å². The quantitative estimate of drug-likeness (QED) is 0.511. The highest BCUT2D eigenvalue weighted by Crippen LogP contribution is 2.24. The number of hydrogen-bond donors (Lipinski definition) is 4. The average Bonchev–Trinajstić information content (AvgIpc) is 2.83. The Bertz CT molecular complexity index is 336. The number of aliphatic hydroxyl groups excluding tert-OH is 4. The van der Waals surface area contributed by atoms with Gasteiger partial charge in [-0.15, -0.1) is 0 Å². The van der Waals surface area contributed by atoms with E-state index in [-0.39, 0.29) is 5.95 Å². The molecule has 1 aromatic heterocycles. The maximum Gasteiger partial charge on any atom is 0.286 e. The molecule has 4 N–H and O–H groups in total. The van der Waals surface area contributed by atoms with Crippen LogP contribution in [0.4, 0.5) is 0 Å². The molecule has 5 atom stereocenters. The van der Waals surface area contributed by atoms with Gasteiger partial charge < -0.3 is 34.3 Å². The maximum absolute atomic E-state index is 9.64. The topological polar surface area (TPSA) is 113 Å². The highest BCUT2D eigenvalue weighted by molar-refractivity contribution is 5.05. The van der Waals surface area contributed by atoms with Crippen LogP contribution in [0.15, 0.2) is 22.8 Å². The fraction of sp³-hybridized carbons (Fsp3) is 0.600. The van der Waals surface area contributed by atoms with E-state index in [1.165, 1.54) is 12.3 Å². The van der Waals surface area contributed by atoms with Crippen LogP contribution in [0.5, 0.6) is 5.95 Å². The Labute approximate surface area is 96.8 Å². The fourth-order valence-corrected chi connectivity index (χ4v) is 1.61. The van der Waals surface area contributed by atoms with E-state index in [0.717, 1.165) is 0 Å². The van der Waals surface area contributed by atoms with Gasteiger partial charge in [-0.3, -0.25) is 0 Å². The van der Waals surface area contributed by atoms with E-state index in [9.17, 15) is 15.3 Å². The van der Waals surface area contributed by atoms with Crippen LogP contribution in [-0.2, 0) is 4.74 Å². The smallest absolute Gasteiger partial charge is 0.286 e. The van der Waals surface area contributed by atoms with Crippen LogP contribution < -0.4 is 4.74 Å². The Morgan fingerprint density at radius 1 is 1.18 bits per heavy atom. The highest BCUT2D eigenvalue weighted by atomic mass is 16.7. The van der Waals surface area contributed by atoms with Crippen molar-refractivity contribution in [2.75, 3.05) is 6.61 Å². The van der Waals surface area contributed by atoms with Crippen molar-refractivity contribution in [3.63, 3.8) is 0 Å². The number of ether oxygens (including phenoxy) is 2. The monoisotopic (exact) mass is 246 g/mol. The normalized spacial score (nSPS) is 38.0. The molecule has 1 unspecified atom stereocenters. The van der Waals surface area contributed by atoms with E-state index < -0.39 is 37.3 Å². The van der Waals surface area contributed by atoms with Gasteiger partial charge in [0.15, 0.2) is 0 Å². The van der Waals surface area contributed by atoms with Crippen molar-refractivity contribution in [2.24, 2.45) is 0 Å². The van der Waals surface area contributed by atoms with Crippen molar-refractivity contribution in [3.05, 3.63) is 18.4 Å². The Morgan fingerprint density at radius 2 is 1.94 bits per heavy atom. The molecular formula is C10H14O7. The molecule has 0 spiro atoms. The lowest BCUT2D eigenvalue weighted by Crippen LogP contribution is -2.60. The van der Waals surface area contributed by atoms with Crippen LogP contribution in [0.3, 0.4) is 0 Å². The summed E-state index contributed by atoms with van der Waals surface area (Å²) in [6, 6.07) is 3.08. The molecule has 1 aromatic rings. The molecule has 1 aliphatic rings. The van der Waals surface area contributed by atoms with E-state index in [1.807, 2.05) is 0 Å². The summed E-state index contributed by atoms with van der Waals surface area (Å²) in [6.45, 7) is -0.497. The second kappa shape index (κ2) is 5.03. The van der Waals surface area contributed by atoms with Gasteiger partial charge in [0.25, 0.3) is 5.95 Å². The Kier molecular flexibility index (Phi) is 3.65. The van der Waals surface area contributed by atoms with Gasteiger partial charge in [-0.05, 0) is 6.07 Å². The van der Waals surface area contributed by atoms with Gasteiger partial charge in [0.2, 0.25) is 6.29 Å². The molecule has 1 saturated heterocycles. The Hall–Kier alpha value is -1.12. The lowest BCUT2D eigenvalue weighted by Gasteiger charge is -2.39. The second-order valence-corrected chi connectivity index (χ2v) is 3.75. The zero-order valence-corrected chi connectivity index (χ0v) is 8.84. The van der Waals surface area contributed by atoms with Gasteiger partial charge in [-0.2, -0.15) is 0 Å². The van der Waals surface area contributed by atoms with Crippen LogP contribution in [0, 0.1) is 0 Å². The first kappa shape index (κ1) is 12.3. The van der Waals surface area contributed by atoms with Crippen LogP contribution in [0.2, 0.25) is 0 Å². The lowest BCUT2D eigenvalue weighted by molar-refractivity contribution is -0.280. The van der Waals surface area contributed by atoms with Gasteiger partial charge >= 0.3 is 0 Å². The first-order chi connectivity index (χ1) is 8.13. The average molecular weight is 246 g/mol. The van der Waals surface area contributed by atoms with Gasteiger partial charge in [-0.1, -0.05) is 0 Å². The van der Waals surface area contributed by atoms with Crippen molar-refractivity contribution in [1.29, 1.82) is 0 Å². The third kappa shape index (κ3) is 2.43. The molecule has 96 valence electrons. The summed E-state index contributed by atoms with van der Waals surface area (Å²) < 4.78 is 15.1. The first-order valence-corrected chi connectivity index (χ1v) is 5.14. The summed E-state index contributed by atoms with van der Waals surface area (Å²) in [5, 5.41) is 37.6. The Morgan fingerprint density at radius 3 is 2.53 bits per heavy atom. The predicted molar refractivity (Wildman–Crippen MR) is 53.1 cm³/mol. The number of hydrogen-bond acceptors (Lipinski definition) is 7. The largest absolute Gasteiger partial charge is 0.434 e. The zero-order chi connectivity index (χ0) is 12.4. The molecule has 0 amide bonds. The van der Waals surface area contributed by atoms with Crippen LogP contribution in [0.25, 0.3) is 0 Å². The number of rotatable bonds is 3. The van der Waals surface area contributed by atoms with Crippen LogP contribution in [-0.4, -0.2) is 57.7 Å². The second-order valence-electron chi connectivity index (χ2n) is 3.75. The maximum atomic E-state index is 9.64. The molecule has 2 rings (SSSR count). The van der Waals surface area contributed by atoms with Gasteiger partial charge in [-0.25, -0.2) is 0 Å². The third-order valence-corrected chi connectivity index (χ3v) is 2.58. The van der Waals surface area contributed by atoms with Gasteiger partial charge in [0.05, 0.1) is 12.9 Å². The van der Waals surface area contributed by atoms with E-state index in [1.54, 1.807) is 6.07 Å². The van der Waals surface area contributed by atoms with Crippen LogP contribution >= 0.6 is 0 Å². The zero-order valence-electron chi connectivity index (χ0n) is 8.84. The van der Waals surface area contributed by atoms with E-state index >= 15 is 0 Å². The SMILES string of the molecule is OC[C@H]1OC(Oc2ccco2)[C@H](O)[C@@H](O)[C@H]1O. The predicted octanol–water partition coefficient (Wildman–Crippen LogP) is -1.54. The van der Waals surface area contributed by atoms with Crippen molar-refractivity contribution < 1.29 is 34.3 Å². The molecule has 2 heterocycles. The molecule has 7 nitrogen and oxygen atoms in total. The molecule has 0 aromatic carbocycles. The summed E-state index contributed by atoms with van der Waals surface area (Å²) in [4.78, 5) is 0. The molecular weight excluding hydrogens is 232 g/mol. The summed E-state index contributed by atoms with van der Waals surface area (Å²) >= 11 is 0. The minimum Gasteiger partial charge on any atom is -0.434 e. The minimum absolute atomic E-state index is 0.106. The van der Waals surface area contributed by atoms with E-state index in [2.05, 4.69) is 0 Å². The van der Waals surface area contributed by atoms with Crippen molar-refractivity contribution in [3.8, 4) is 5.95 Å². The van der Waals surface area contributed by atoms with Crippen molar-refractivity contribution in [1.82, 2.24) is 0 Å². The highest BCUT2D eigenvalue weighted by Gasteiger charge is 2.44. The summed E-state index contributed by atoms with van der Waals surface area (Å²) in [6.07, 6.45) is -5.12. The summed E-state index contributed by atoms with van der Waals surface area (Å²) in [5.41, 5.74) is 0. The Balaban J connectivity index is 2.06. The molecule has 7 heteroatoms. The minimum atomic E-state index is -1.46. The standard InChI is InChI=1S/C10H14O7/c11-4-5-7(12)8(13)9(14)10(16-5)17-6-2-1-3-15-6/h1-3,5,7-14H,4H2/t5-,7+,8+,9-,10?/m1/s1. The molecule has 0 saturated carbocycles. The molecule has 1 fully saturated rings. The molecule has 0 bridgehead atoms. The first-order valence-electron chi connectivity index (χ1n) is 5.14. The lowest BCUT2D eigenvalue weighted by atomic mass is 9.99. The van der Waals surface area contributed by atoms with Gasteiger partial charge in [0, 0.05) is 6.07 Å². The van der Waals surface area contributed by atoms with Crippen molar-refractivity contribution >= 4 is 0 Å². The molecule has 1 aliphatic heterocycles. The van der Waals surface area contributed by atoms with Gasteiger partial charge in [0.1, 0.15) is 24.4 Å². The fourth-order valence-electron chi connectivity index (χ4n) is 1.61. The number of furan rings is 1. The van der Waals surface area contributed by atoms with Crippen molar-refractivity contribution in [2.45, 2.75) is 30.7 Å².